The fraction of sp³-hybridized carbons (Fsp3) is 0.550. The summed E-state index contributed by atoms with van der Waals surface area (Å²) in [6, 6.07) is 6.77. The maximum absolute atomic E-state index is 12.4. The molecule has 2 heterocycles. The van der Waals surface area contributed by atoms with Gasteiger partial charge in [0.1, 0.15) is 5.75 Å². The van der Waals surface area contributed by atoms with Crippen LogP contribution in [0.4, 0.5) is 10.5 Å². The topological polar surface area (TPSA) is 44.8 Å². The first-order chi connectivity index (χ1) is 12.0. The molecule has 1 aromatic carbocycles. The molecule has 2 aliphatic rings. The van der Waals surface area contributed by atoms with Crippen molar-refractivity contribution in [3.05, 3.63) is 36.0 Å². The molecule has 0 bridgehead atoms. The van der Waals surface area contributed by atoms with Gasteiger partial charge in [0, 0.05) is 24.7 Å². The van der Waals surface area contributed by atoms with Crippen LogP contribution in [0.25, 0.3) is 0 Å². The molecule has 2 amide bonds. The zero-order chi connectivity index (χ0) is 18.0. The second-order valence-electron chi connectivity index (χ2n) is 7.27. The summed E-state index contributed by atoms with van der Waals surface area (Å²) in [6.45, 7) is 11.3. The van der Waals surface area contributed by atoms with Crippen LogP contribution in [-0.2, 0) is 0 Å². The van der Waals surface area contributed by atoms with E-state index in [1.54, 1.807) is 12.0 Å². The van der Waals surface area contributed by atoms with E-state index in [9.17, 15) is 4.79 Å². The Morgan fingerprint density at radius 2 is 1.96 bits per heavy atom. The van der Waals surface area contributed by atoms with E-state index < -0.39 is 0 Å². The minimum atomic E-state index is -0.124. The van der Waals surface area contributed by atoms with Gasteiger partial charge in [-0.15, -0.1) is 0 Å². The Morgan fingerprint density at radius 3 is 2.56 bits per heavy atom. The number of nitrogens with one attached hydrogen (secondary N) is 1. The molecule has 0 saturated carbocycles. The number of methoxy groups -OCH3 is 1. The van der Waals surface area contributed by atoms with Crippen molar-refractivity contribution in [3.63, 3.8) is 0 Å². The number of ether oxygens (including phenoxy) is 1. The number of hydrogen-bond donors (Lipinski definition) is 1. The maximum Gasteiger partial charge on any atom is 0.326 e. The van der Waals surface area contributed by atoms with E-state index >= 15 is 0 Å². The summed E-state index contributed by atoms with van der Waals surface area (Å²) in [5.41, 5.74) is 2.94. The summed E-state index contributed by atoms with van der Waals surface area (Å²) < 4.78 is 5.51. The van der Waals surface area contributed by atoms with Crippen molar-refractivity contribution in [1.82, 2.24) is 10.2 Å². The molecule has 0 spiro atoms. The van der Waals surface area contributed by atoms with Crippen molar-refractivity contribution in [3.8, 4) is 5.75 Å². The SMILES string of the molecule is C=C1CCN(c2cc(C3CCN(C(C)C)CC3)ccc2OC)C(=O)N1. The van der Waals surface area contributed by atoms with E-state index in [4.69, 9.17) is 4.74 Å². The third kappa shape index (κ3) is 3.82. The fourth-order valence-corrected chi connectivity index (χ4v) is 3.78. The van der Waals surface area contributed by atoms with Crippen molar-refractivity contribution < 1.29 is 9.53 Å². The Balaban J connectivity index is 1.81. The summed E-state index contributed by atoms with van der Waals surface area (Å²) in [6.07, 6.45) is 3.08. The first-order valence-corrected chi connectivity index (χ1v) is 9.18. The van der Waals surface area contributed by atoms with Crippen molar-refractivity contribution >= 4 is 11.7 Å². The Morgan fingerprint density at radius 1 is 1.24 bits per heavy atom. The van der Waals surface area contributed by atoms with Gasteiger partial charge < -0.3 is 15.0 Å². The number of likely N-dealkylation sites (tertiary alicyclic amines) is 1. The van der Waals surface area contributed by atoms with Crippen LogP contribution in [0.3, 0.4) is 0 Å². The molecular formula is C20H29N3O2. The van der Waals surface area contributed by atoms with Gasteiger partial charge in [0.25, 0.3) is 0 Å². The smallest absolute Gasteiger partial charge is 0.326 e. The molecule has 0 aliphatic carbocycles. The summed E-state index contributed by atoms with van der Waals surface area (Å²) >= 11 is 0. The van der Waals surface area contributed by atoms with Crippen LogP contribution in [0.5, 0.6) is 5.75 Å². The van der Waals surface area contributed by atoms with Gasteiger partial charge in [-0.1, -0.05) is 12.6 Å². The van der Waals surface area contributed by atoms with Crippen LogP contribution >= 0.6 is 0 Å². The number of anilines is 1. The van der Waals surface area contributed by atoms with E-state index in [0.717, 1.165) is 49.5 Å². The Bertz CT molecular complexity index is 648. The van der Waals surface area contributed by atoms with E-state index in [-0.39, 0.29) is 6.03 Å². The number of carbonyl (C=O) groups excluding carboxylic acids is 1. The van der Waals surface area contributed by atoms with E-state index in [1.165, 1.54) is 5.56 Å². The molecule has 2 aliphatic heterocycles. The van der Waals surface area contributed by atoms with Gasteiger partial charge in [-0.25, -0.2) is 4.79 Å². The number of carbonyl (C=O) groups is 1. The lowest BCUT2D eigenvalue weighted by molar-refractivity contribution is 0.172. The third-order valence-electron chi connectivity index (χ3n) is 5.39. The molecule has 2 fully saturated rings. The van der Waals surface area contributed by atoms with Crippen molar-refractivity contribution in [2.24, 2.45) is 0 Å². The van der Waals surface area contributed by atoms with Crippen molar-refractivity contribution in [2.75, 3.05) is 31.6 Å². The summed E-state index contributed by atoms with van der Waals surface area (Å²) in [4.78, 5) is 16.7. The maximum atomic E-state index is 12.4. The van der Waals surface area contributed by atoms with E-state index in [2.05, 4.69) is 42.8 Å². The molecule has 3 rings (SSSR count). The molecule has 0 radical (unpaired) electrons. The first kappa shape index (κ1) is 17.8. The van der Waals surface area contributed by atoms with E-state index in [1.807, 2.05) is 6.07 Å². The summed E-state index contributed by atoms with van der Waals surface area (Å²) in [7, 11) is 1.65. The largest absolute Gasteiger partial charge is 0.495 e. The molecule has 1 aromatic rings. The number of benzene rings is 1. The number of rotatable bonds is 4. The Kier molecular flexibility index (Phi) is 5.33. The number of piperidine rings is 1. The molecule has 136 valence electrons. The predicted octanol–water partition coefficient (Wildman–Crippen LogP) is 3.72. The molecule has 5 heteroatoms. The van der Waals surface area contributed by atoms with Gasteiger partial charge >= 0.3 is 6.03 Å². The second kappa shape index (κ2) is 7.48. The summed E-state index contributed by atoms with van der Waals surface area (Å²) in [5, 5.41) is 2.83. The van der Waals surface area contributed by atoms with Crippen LogP contribution in [0.2, 0.25) is 0 Å². The van der Waals surface area contributed by atoms with Gasteiger partial charge in [0.2, 0.25) is 0 Å². The zero-order valence-corrected chi connectivity index (χ0v) is 15.5. The molecule has 2 saturated heterocycles. The lowest BCUT2D eigenvalue weighted by atomic mass is 9.88. The number of amides is 2. The number of nitrogens with zero attached hydrogens (tertiary/aromatic N) is 2. The summed E-state index contributed by atoms with van der Waals surface area (Å²) in [5.74, 6) is 1.29. The normalized spacial score (nSPS) is 20.1. The van der Waals surface area contributed by atoms with Crippen LogP contribution < -0.4 is 15.0 Å². The van der Waals surface area contributed by atoms with Gasteiger partial charge in [-0.05, 0) is 63.4 Å². The molecular weight excluding hydrogens is 314 g/mol. The molecule has 0 atom stereocenters. The lowest BCUT2D eigenvalue weighted by Gasteiger charge is -2.35. The van der Waals surface area contributed by atoms with Gasteiger partial charge in [0.15, 0.2) is 0 Å². The molecule has 25 heavy (non-hydrogen) atoms. The second-order valence-corrected chi connectivity index (χ2v) is 7.27. The Hall–Kier alpha value is -2.01. The molecule has 5 nitrogen and oxygen atoms in total. The third-order valence-corrected chi connectivity index (χ3v) is 5.39. The molecule has 1 N–H and O–H groups in total. The highest BCUT2D eigenvalue weighted by molar-refractivity contribution is 5.95. The standard InChI is InChI=1S/C20H29N3O2/c1-14(2)22-10-8-16(9-11-22)17-5-6-19(25-4)18(13-17)23-12-7-15(3)21-20(23)24/h5-6,13-14,16H,3,7-12H2,1-2,4H3,(H,21,24). The lowest BCUT2D eigenvalue weighted by Crippen LogP contribution is -2.45. The van der Waals surface area contributed by atoms with Crippen LogP contribution in [0.15, 0.2) is 30.5 Å². The molecule has 0 aromatic heterocycles. The minimum Gasteiger partial charge on any atom is -0.495 e. The van der Waals surface area contributed by atoms with Crippen LogP contribution in [-0.4, -0.2) is 43.7 Å². The molecule has 0 unspecified atom stereocenters. The van der Waals surface area contributed by atoms with E-state index in [0.29, 0.717) is 18.5 Å². The number of hydrogen-bond acceptors (Lipinski definition) is 3. The van der Waals surface area contributed by atoms with Crippen molar-refractivity contribution in [1.29, 1.82) is 0 Å². The zero-order valence-electron chi connectivity index (χ0n) is 15.5. The van der Waals surface area contributed by atoms with Crippen LogP contribution in [0.1, 0.15) is 44.6 Å². The average molecular weight is 343 g/mol. The monoisotopic (exact) mass is 343 g/mol. The number of urea groups is 1. The first-order valence-electron chi connectivity index (χ1n) is 9.18. The quantitative estimate of drug-likeness (QED) is 0.906. The highest BCUT2D eigenvalue weighted by Gasteiger charge is 2.27. The van der Waals surface area contributed by atoms with Gasteiger partial charge in [0.05, 0.1) is 12.8 Å². The Labute approximate surface area is 150 Å². The highest BCUT2D eigenvalue weighted by atomic mass is 16.5. The fourth-order valence-electron chi connectivity index (χ4n) is 3.78. The average Bonchev–Trinajstić information content (AvgIpc) is 2.61. The van der Waals surface area contributed by atoms with Gasteiger partial charge in [-0.3, -0.25) is 4.90 Å². The van der Waals surface area contributed by atoms with Crippen molar-refractivity contribution in [2.45, 2.75) is 45.1 Å². The van der Waals surface area contributed by atoms with Crippen LogP contribution in [0, 0.1) is 0 Å². The predicted molar refractivity (Wildman–Crippen MR) is 101 cm³/mol. The minimum absolute atomic E-state index is 0.124. The van der Waals surface area contributed by atoms with Gasteiger partial charge in [-0.2, -0.15) is 0 Å². The highest BCUT2D eigenvalue weighted by Crippen LogP contribution is 2.36.